The van der Waals surface area contributed by atoms with Gasteiger partial charge in [-0.05, 0) is 60.3 Å². The molecule has 4 nitrogen and oxygen atoms in total. The first-order valence-corrected chi connectivity index (χ1v) is 11.3. The first kappa shape index (κ1) is 21.7. The van der Waals surface area contributed by atoms with Crippen LogP contribution in [0.4, 0.5) is 32.0 Å². The summed E-state index contributed by atoms with van der Waals surface area (Å²) in [5.41, 5.74) is -6.61. The van der Waals surface area contributed by atoms with Crippen LogP contribution in [0.2, 0.25) is 0 Å². The Labute approximate surface area is 170 Å². The lowest BCUT2D eigenvalue weighted by Crippen LogP contribution is -2.63. The van der Waals surface area contributed by atoms with Crippen LogP contribution >= 0.6 is 0 Å². The zero-order valence-corrected chi connectivity index (χ0v) is 17.0. The number of nitrogens with one attached hydrogen (secondary N) is 1. The van der Waals surface area contributed by atoms with Crippen LogP contribution in [-0.2, 0) is 29.2 Å². The molecule has 1 aromatic carbocycles. The Morgan fingerprint density at radius 2 is 1.77 bits per heavy atom. The molecule has 1 N–H and O–H groups in total. The van der Waals surface area contributed by atoms with Gasteiger partial charge in [0.25, 0.3) is 0 Å². The highest BCUT2D eigenvalue weighted by Gasteiger charge is 2.62. The van der Waals surface area contributed by atoms with Gasteiger partial charge in [-0.15, -0.1) is 0 Å². The Hall–Kier alpha value is -1.49. The standard InChI is InChI=1S/C19H22F6N2O2S/c1-2-3-12-13-9-27(30(28,29)19(23,24)25)10-16(17-6-11(7-17)8-17)26-15(13)5-4-14(12)18(20,21)22/h4-5,11,16,26H,2-3,6-10H2,1H3. The molecular formula is C19H22F6N2O2S. The van der Waals surface area contributed by atoms with Crippen molar-refractivity contribution in [1.82, 2.24) is 4.31 Å². The third-order valence-corrected chi connectivity index (χ3v) is 8.29. The van der Waals surface area contributed by atoms with Gasteiger partial charge < -0.3 is 5.32 Å². The topological polar surface area (TPSA) is 49.4 Å². The number of halogens is 6. The van der Waals surface area contributed by atoms with Gasteiger partial charge in [0.15, 0.2) is 0 Å². The Kier molecular flexibility index (Phi) is 4.89. The van der Waals surface area contributed by atoms with Gasteiger partial charge >= 0.3 is 21.7 Å². The molecule has 0 spiro atoms. The lowest BCUT2D eigenvalue weighted by molar-refractivity contribution is -0.138. The molecule has 1 aromatic rings. The maximum Gasteiger partial charge on any atom is 0.511 e. The fraction of sp³-hybridized carbons (Fsp3) is 0.684. The molecule has 0 radical (unpaired) electrons. The molecule has 0 saturated heterocycles. The minimum atomic E-state index is -5.69. The van der Waals surface area contributed by atoms with Crippen molar-refractivity contribution in [1.29, 1.82) is 0 Å². The molecule has 11 heteroatoms. The molecule has 5 rings (SSSR count). The monoisotopic (exact) mass is 456 g/mol. The highest BCUT2D eigenvalue weighted by atomic mass is 32.2. The molecule has 0 aromatic heterocycles. The summed E-state index contributed by atoms with van der Waals surface area (Å²) in [4.78, 5) is 0. The predicted molar refractivity (Wildman–Crippen MR) is 98.0 cm³/mol. The lowest BCUT2D eigenvalue weighted by Gasteiger charge is -2.65. The van der Waals surface area contributed by atoms with Crippen LogP contribution in [0.15, 0.2) is 12.1 Å². The van der Waals surface area contributed by atoms with Crippen molar-refractivity contribution >= 4 is 15.7 Å². The lowest BCUT2D eigenvalue weighted by atomic mass is 9.42. The number of sulfonamides is 1. The molecule has 4 aliphatic rings. The van der Waals surface area contributed by atoms with Crippen molar-refractivity contribution in [2.24, 2.45) is 11.3 Å². The van der Waals surface area contributed by atoms with E-state index < -0.39 is 46.4 Å². The van der Waals surface area contributed by atoms with E-state index in [1.807, 2.05) is 0 Å². The van der Waals surface area contributed by atoms with E-state index >= 15 is 0 Å². The molecule has 1 aliphatic heterocycles. The molecule has 3 fully saturated rings. The molecule has 1 atom stereocenters. The Morgan fingerprint density at radius 1 is 1.13 bits per heavy atom. The number of benzene rings is 1. The van der Waals surface area contributed by atoms with Crippen LogP contribution in [0.25, 0.3) is 0 Å². The van der Waals surface area contributed by atoms with Crippen molar-refractivity contribution < 1.29 is 34.8 Å². The zero-order chi connectivity index (χ0) is 22.1. The second-order valence-corrected chi connectivity index (χ2v) is 10.6. The summed E-state index contributed by atoms with van der Waals surface area (Å²) in [6.07, 6.45) is -1.99. The number of alkyl halides is 6. The van der Waals surface area contributed by atoms with Gasteiger partial charge in [-0.1, -0.05) is 13.3 Å². The first-order chi connectivity index (χ1) is 13.8. The van der Waals surface area contributed by atoms with Crippen LogP contribution in [0.3, 0.4) is 0 Å². The van der Waals surface area contributed by atoms with Crippen LogP contribution in [-0.4, -0.2) is 30.8 Å². The fourth-order valence-electron chi connectivity index (χ4n) is 5.14. The summed E-state index contributed by atoms with van der Waals surface area (Å²) in [6.45, 7) is 0.508. The Bertz CT molecular complexity index is 940. The maximum absolute atomic E-state index is 13.6. The van der Waals surface area contributed by atoms with E-state index in [4.69, 9.17) is 0 Å². The Balaban J connectivity index is 1.84. The average molecular weight is 456 g/mol. The number of hydrogen-bond donors (Lipinski definition) is 1. The number of rotatable bonds is 4. The summed E-state index contributed by atoms with van der Waals surface area (Å²) in [5.74, 6) is 0.505. The number of nitrogens with zero attached hydrogens (tertiary/aromatic N) is 1. The summed E-state index contributed by atoms with van der Waals surface area (Å²) in [7, 11) is -5.69. The highest BCUT2D eigenvalue weighted by Crippen LogP contribution is 2.67. The fourth-order valence-corrected chi connectivity index (χ4v) is 6.07. The van der Waals surface area contributed by atoms with Crippen LogP contribution in [0.5, 0.6) is 0 Å². The highest BCUT2D eigenvalue weighted by molar-refractivity contribution is 7.89. The van der Waals surface area contributed by atoms with Crippen molar-refractivity contribution in [2.75, 3.05) is 11.9 Å². The van der Waals surface area contributed by atoms with Gasteiger partial charge in [0.05, 0.1) is 5.56 Å². The van der Waals surface area contributed by atoms with E-state index in [1.54, 1.807) is 6.92 Å². The predicted octanol–water partition coefficient (Wildman–Crippen LogP) is 4.90. The van der Waals surface area contributed by atoms with Gasteiger partial charge in [-0.25, -0.2) is 8.42 Å². The van der Waals surface area contributed by atoms with Crippen molar-refractivity contribution in [2.45, 2.75) is 63.3 Å². The van der Waals surface area contributed by atoms with Crippen molar-refractivity contribution in [3.8, 4) is 0 Å². The second-order valence-electron chi connectivity index (χ2n) is 8.65. The number of fused-ring (bicyclic) bond motifs is 1. The largest absolute Gasteiger partial charge is 0.511 e. The quantitative estimate of drug-likeness (QED) is 0.656. The van der Waals surface area contributed by atoms with Crippen molar-refractivity contribution in [3.63, 3.8) is 0 Å². The second kappa shape index (κ2) is 6.75. The molecule has 1 unspecified atom stereocenters. The van der Waals surface area contributed by atoms with E-state index in [0.29, 0.717) is 22.3 Å². The molecule has 168 valence electrons. The SMILES string of the molecule is CCCc1c(C(F)(F)F)ccc2c1CN(S(=O)(=O)C(F)(F)F)CC(C13CC(C1)C3)N2. The van der Waals surface area contributed by atoms with Crippen LogP contribution < -0.4 is 5.32 Å². The molecule has 3 aliphatic carbocycles. The van der Waals surface area contributed by atoms with Crippen LogP contribution in [0, 0.1) is 11.3 Å². The van der Waals surface area contributed by atoms with Gasteiger partial charge in [0, 0.05) is 24.8 Å². The van der Waals surface area contributed by atoms with Gasteiger partial charge in [-0.3, -0.25) is 0 Å². The van der Waals surface area contributed by atoms with Gasteiger partial charge in [-0.2, -0.15) is 30.6 Å². The third kappa shape index (κ3) is 3.28. The van der Waals surface area contributed by atoms with Gasteiger partial charge in [0.2, 0.25) is 0 Å². The molecular weight excluding hydrogens is 434 g/mol. The smallest absolute Gasteiger partial charge is 0.380 e. The summed E-state index contributed by atoms with van der Waals surface area (Å²) in [6, 6.07) is 1.58. The zero-order valence-electron chi connectivity index (χ0n) is 16.2. The van der Waals surface area contributed by atoms with Crippen molar-refractivity contribution in [3.05, 3.63) is 28.8 Å². The molecule has 0 amide bonds. The number of hydrogen-bond acceptors (Lipinski definition) is 3. The molecule has 1 heterocycles. The molecule has 3 saturated carbocycles. The minimum Gasteiger partial charge on any atom is -0.380 e. The summed E-state index contributed by atoms with van der Waals surface area (Å²) < 4.78 is 106. The summed E-state index contributed by atoms with van der Waals surface area (Å²) >= 11 is 0. The van der Waals surface area contributed by atoms with E-state index in [-0.39, 0.29) is 23.0 Å². The van der Waals surface area contributed by atoms with E-state index in [0.717, 1.165) is 25.3 Å². The van der Waals surface area contributed by atoms with Crippen LogP contribution in [0.1, 0.15) is 49.3 Å². The Morgan fingerprint density at radius 3 is 2.23 bits per heavy atom. The van der Waals surface area contributed by atoms with E-state index in [9.17, 15) is 34.8 Å². The first-order valence-electron chi connectivity index (χ1n) is 9.83. The molecule has 2 bridgehead atoms. The maximum atomic E-state index is 13.6. The van der Waals surface area contributed by atoms with E-state index in [2.05, 4.69) is 5.32 Å². The third-order valence-electron chi connectivity index (χ3n) is 6.74. The van der Waals surface area contributed by atoms with E-state index in [1.165, 1.54) is 6.07 Å². The van der Waals surface area contributed by atoms with Gasteiger partial charge in [0.1, 0.15) is 0 Å². The molecule has 30 heavy (non-hydrogen) atoms. The normalized spacial score (nSPS) is 29.3. The minimum absolute atomic E-state index is 0.0164. The average Bonchev–Trinajstić information content (AvgIpc) is 2.70. The number of anilines is 1. The summed E-state index contributed by atoms with van der Waals surface area (Å²) in [5, 5.41) is 3.13.